The van der Waals surface area contributed by atoms with Crippen molar-refractivity contribution in [2.45, 2.75) is 39.4 Å². The molecule has 0 unspecified atom stereocenters. The summed E-state index contributed by atoms with van der Waals surface area (Å²) >= 11 is -1.36. The first-order chi connectivity index (χ1) is 7.73. The maximum Gasteiger partial charge on any atom is 0.144 e. The lowest BCUT2D eigenvalue weighted by molar-refractivity contribution is 0.561. The standard InChI is InChI=1S/C13H18FNOS/c1-9-7-6-8-11(12(9)14)10(2)15-17(16)13(3,4)5/h6-8H,1-5H3/t17-/m1/s1. The Morgan fingerprint density at radius 2 is 1.94 bits per heavy atom. The van der Waals surface area contributed by atoms with Gasteiger partial charge in [0.05, 0.1) is 5.71 Å². The number of benzene rings is 1. The molecule has 0 aromatic heterocycles. The highest BCUT2D eigenvalue weighted by Crippen LogP contribution is 2.19. The van der Waals surface area contributed by atoms with E-state index in [4.69, 9.17) is 0 Å². The van der Waals surface area contributed by atoms with Gasteiger partial charge in [-0.2, -0.15) is 0 Å². The molecule has 1 rings (SSSR count). The lowest BCUT2D eigenvalue weighted by Crippen LogP contribution is -2.26. The van der Waals surface area contributed by atoms with Crippen molar-refractivity contribution in [3.05, 3.63) is 35.1 Å². The molecule has 1 atom stereocenters. The van der Waals surface area contributed by atoms with Gasteiger partial charge in [0.1, 0.15) is 21.9 Å². The van der Waals surface area contributed by atoms with Crippen LogP contribution >= 0.6 is 0 Å². The summed E-state index contributed by atoms with van der Waals surface area (Å²) in [6.45, 7) is 8.90. The van der Waals surface area contributed by atoms with E-state index in [-0.39, 0.29) is 5.82 Å². The largest absolute Gasteiger partial charge is 0.591 e. The second-order valence-electron chi connectivity index (χ2n) is 4.97. The van der Waals surface area contributed by atoms with Crippen molar-refractivity contribution >= 4 is 17.1 Å². The van der Waals surface area contributed by atoms with Crippen molar-refractivity contribution in [2.75, 3.05) is 0 Å². The fourth-order valence-corrected chi connectivity index (χ4v) is 1.86. The van der Waals surface area contributed by atoms with Gasteiger partial charge >= 0.3 is 0 Å². The van der Waals surface area contributed by atoms with Gasteiger partial charge in [0.25, 0.3) is 0 Å². The maximum absolute atomic E-state index is 13.8. The highest BCUT2D eigenvalue weighted by molar-refractivity contribution is 7.91. The van der Waals surface area contributed by atoms with Crippen LogP contribution in [0, 0.1) is 12.7 Å². The number of halogens is 1. The highest BCUT2D eigenvalue weighted by Gasteiger charge is 2.27. The minimum atomic E-state index is -1.36. The Labute approximate surface area is 105 Å². The van der Waals surface area contributed by atoms with Crippen molar-refractivity contribution in [3.8, 4) is 0 Å². The smallest absolute Gasteiger partial charge is 0.144 e. The fraction of sp³-hybridized carbons (Fsp3) is 0.462. The molecule has 94 valence electrons. The van der Waals surface area contributed by atoms with Gasteiger partial charge in [0, 0.05) is 5.56 Å². The zero-order chi connectivity index (χ0) is 13.2. The summed E-state index contributed by atoms with van der Waals surface area (Å²) in [5, 5.41) is 0. The number of nitrogens with zero attached hydrogens (tertiary/aromatic N) is 1. The molecule has 0 saturated heterocycles. The van der Waals surface area contributed by atoms with E-state index in [2.05, 4.69) is 4.40 Å². The van der Waals surface area contributed by atoms with Gasteiger partial charge in [-0.05, 0) is 40.2 Å². The van der Waals surface area contributed by atoms with Crippen LogP contribution in [0.1, 0.15) is 38.8 Å². The summed E-state index contributed by atoms with van der Waals surface area (Å²) < 4.78 is 29.3. The Hall–Kier alpha value is -0.870. The molecule has 0 radical (unpaired) electrons. The molecule has 0 aliphatic heterocycles. The highest BCUT2D eigenvalue weighted by atomic mass is 32.2. The molecule has 0 spiro atoms. The molecule has 0 saturated carbocycles. The van der Waals surface area contributed by atoms with Gasteiger partial charge < -0.3 is 4.55 Å². The van der Waals surface area contributed by atoms with Crippen molar-refractivity contribution < 1.29 is 8.94 Å². The number of hydrogen-bond acceptors (Lipinski definition) is 2. The molecule has 17 heavy (non-hydrogen) atoms. The normalized spacial score (nSPS) is 14.9. The first-order valence-corrected chi connectivity index (χ1v) is 6.57. The Morgan fingerprint density at radius 3 is 2.47 bits per heavy atom. The average Bonchev–Trinajstić information content (AvgIpc) is 2.20. The van der Waals surface area contributed by atoms with Crippen LogP contribution in [0.15, 0.2) is 22.6 Å². The Balaban J connectivity index is 3.09. The third-order valence-corrected chi connectivity index (χ3v) is 3.81. The second kappa shape index (κ2) is 5.19. The molecule has 2 nitrogen and oxygen atoms in total. The quantitative estimate of drug-likeness (QED) is 0.589. The van der Waals surface area contributed by atoms with E-state index in [0.29, 0.717) is 16.8 Å². The minimum absolute atomic E-state index is 0.292. The zero-order valence-corrected chi connectivity index (χ0v) is 11.7. The van der Waals surface area contributed by atoms with Crippen LogP contribution in [0.2, 0.25) is 0 Å². The van der Waals surface area contributed by atoms with Crippen LogP contribution in [0.25, 0.3) is 0 Å². The summed E-state index contributed by atoms with van der Waals surface area (Å²) in [5.74, 6) is -0.292. The SMILES string of the molecule is CC(=N[S@+]([O-])C(C)(C)C)c1cccc(C)c1F. The van der Waals surface area contributed by atoms with Gasteiger partial charge in [-0.15, -0.1) is 0 Å². The van der Waals surface area contributed by atoms with Gasteiger partial charge in [-0.25, -0.2) is 4.39 Å². The monoisotopic (exact) mass is 255 g/mol. The molecule has 0 fully saturated rings. The first-order valence-electron chi connectivity index (χ1n) is 5.46. The Bertz CT molecular complexity index is 438. The molecule has 1 aromatic carbocycles. The van der Waals surface area contributed by atoms with Crippen LogP contribution < -0.4 is 0 Å². The molecule has 4 heteroatoms. The van der Waals surface area contributed by atoms with Crippen LogP contribution in [0.3, 0.4) is 0 Å². The van der Waals surface area contributed by atoms with E-state index in [0.717, 1.165) is 0 Å². The van der Waals surface area contributed by atoms with Crippen LogP contribution in [-0.2, 0) is 11.4 Å². The van der Waals surface area contributed by atoms with E-state index in [9.17, 15) is 8.94 Å². The maximum atomic E-state index is 13.8. The molecule has 0 bridgehead atoms. The van der Waals surface area contributed by atoms with Gasteiger partial charge in [-0.3, -0.25) is 0 Å². The molecule has 0 aliphatic rings. The lowest BCUT2D eigenvalue weighted by Gasteiger charge is -2.18. The summed E-state index contributed by atoms with van der Waals surface area (Å²) in [4.78, 5) is 0. The summed E-state index contributed by atoms with van der Waals surface area (Å²) in [6, 6.07) is 5.13. The van der Waals surface area contributed by atoms with Crippen molar-refractivity contribution in [1.29, 1.82) is 0 Å². The lowest BCUT2D eigenvalue weighted by atomic mass is 10.1. The predicted molar refractivity (Wildman–Crippen MR) is 71.2 cm³/mol. The van der Waals surface area contributed by atoms with Crippen molar-refractivity contribution in [1.82, 2.24) is 0 Å². The first kappa shape index (κ1) is 14.2. The molecule has 0 amide bonds. The van der Waals surface area contributed by atoms with Crippen LogP contribution in [0.4, 0.5) is 4.39 Å². The third kappa shape index (κ3) is 3.54. The molecule has 1 aromatic rings. The van der Waals surface area contributed by atoms with Gasteiger partial charge in [0.15, 0.2) is 0 Å². The van der Waals surface area contributed by atoms with Crippen molar-refractivity contribution in [2.24, 2.45) is 4.40 Å². The molecule has 0 N–H and O–H groups in total. The number of rotatable bonds is 2. The molecule has 0 heterocycles. The van der Waals surface area contributed by atoms with Gasteiger partial charge in [0.2, 0.25) is 0 Å². The van der Waals surface area contributed by atoms with E-state index in [1.54, 1.807) is 32.0 Å². The topological polar surface area (TPSA) is 35.4 Å². The Morgan fingerprint density at radius 1 is 1.35 bits per heavy atom. The van der Waals surface area contributed by atoms with E-state index in [1.165, 1.54) is 0 Å². The molecular weight excluding hydrogens is 237 g/mol. The number of hydrogen-bond donors (Lipinski definition) is 0. The summed E-state index contributed by atoms with van der Waals surface area (Å²) in [5.41, 5.74) is 1.46. The Kier molecular flexibility index (Phi) is 4.33. The van der Waals surface area contributed by atoms with E-state index >= 15 is 0 Å². The van der Waals surface area contributed by atoms with Crippen LogP contribution in [0.5, 0.6) is 0 Å². The minimum Gasteiger partial charge on any atom is -0.591 e. The molecule has 0 aliphatic carbocycles. The summed E-state index contributed by atoms with van der Waals surface area (Å²) in [7, 11) is 0. The zero-order valence-electron chi connectivity index (χ0n) is 10.9. The fourth-order valence-electron chi connectivity index (χ4n) is 1.24. The third-order valence-electron chi connectivity index (χ3n) is 2.33. The molecular formula is C13H18FNOS. The average molecular weight is 255 g/mol. The van der Waals surface area contributed by atoms with Crippen LogP contribution in [-0.4, -0.2) is 15.0 Å². The van der Waals surface area contributed by atoms with Gasteiger partial charge in [-0.1, -0.05) is 22.6 Å². The summed E-state index contributed by atoms with van der Waals surface area (Å²) in [6.07, 6.45) is 0. The van der Waals surface area contributed by atoms with E-state index < -0.39 is 16.1 Å². The second-order valence-corrected chi connectivity index (χ2v) is 6.88. The number of aryl methyl sites for hydroxylation is 1. The predicted octanol–water partition coefficient (Wildman–Crippen LogP) is 3.41. The van der Waals surface area contributed by atoms with Crippen molar-refractivity contribution in [3.63, 3.8) is 0 Å². The van der Waals surface area contributed by atoms with E-state index in [1.807, 2.05) is 20.8 Å².